The standard InChI is InChI=1S/C20H30O6/c1-3-23-17(22)12-14(2)11-16-19-18(15(7-10-21)13-24-16)25-20(26-19)8-5-4-6-9-20/h10,12,15-16,18-19H,3-9,11,13H2,1-2H3/b14-12+/t15-,16-,18+,19-/m1/s1. The van der Waals surface area contributed by atoms with E-state index >= 15 is 0 Å². The first-order chi connectivity index (χ1) is 12.6. The highest BCUT2D eigenvalue weighted by Gasteiger charge is 2.55. The first kappa shape index (κ1) is 19.5. The lowest BCUT2D eigenvalue weighted by Crippen LogP contribution is -2.48. The molecule has 26 heavy (non-hydrogen) atoms. The highest BCUT2D eigenvalue weighted by atomic mass is 16.8. The number of hydrogen-bond donors (Lipinski definition) is 0. The predicted molar refractivity (Wildman–Crippen MR) is 94.5 cm³/mol. The lowest BCUT2D eigenvalue weighted by Gasteiger charge is -2.36. The predicted octanol–water partition coefficient (Wildman–Crippen LogP) is 2.93. The van der Waals surface area contributed by atoms with Crippen LogP contribution < -0.4 is 0 Å². The van der Waals surface area contributed by atoms with Crippen molar-refractivity contribution in [2.75, 3.05) is 13.2 Å². The summed E-state index contributed by atoms with van der Waals surface area (Å²) in [5, 5.41) is 0. The fourth-order valence-electron chi connectivity index (χ4n) is 4.34. The highest BCUT2D eigenvalue weighted by Crippen LogP contribution is 2.46. The number of fused-ring (bicyclic) bond motifs is 1. The fraction of sp³-hybridized carbons (Fsp3) is 0.800. The Hall–Kier alpha value is -1.24. The van der Waals surface area contributed by atoms with Crippen LogP contribution in [0, 0.1) is 5.92 Å². The van der Waals surface area contributed by atoms with Crippen molar-refractivity contribution in [3.05, 3.63) is 11.6 Å². The summed E-state index contributed by atoms with van der Waals surface area (Å²) in [4.78, 5) is 22.7. The average molecular weight is 366 g/mol. The van der Waals surface area contributed by atoms with E-state index in [0.717, 1.165) is 37.5 Å². The first-order valence-corrected chi connectivity index (χ1v) is 9.81. The first-order valence-electron chi connectivity index (χ1n) is 9.81. The number of rotatable bonds is 6. The number of carbonyl (C=O) groups is 2. The molecule has 2 saturated heterocycles. The van der Waals surface area contributed by atoms with Gasteiger partial charge in [-0.2, -0.15) is 0 Å². The van der Waals surface area contributed by atoms with Gasteiger partial charge >= 0.3 is 5.97 Å². The molecule has 2 heterocycles. The van der Waals surface area contributed by atoms with Crippen LogP contribution in [0.2, 0.25) is 0 Å². The second kappa shape index (κ2) is 8.63. The maximum Gasteiger partial charge on any atom is 0.330 e. The molecule has 0 N–H and O–H groups in total. The van der Waals surface area contributed by atoms with Crippen molar-refractivity contribution in [3.63, 3.8) is 0 Å². The third-order valence-electron chi connectivity index (χ3n) is 5.57. The van der Waals surface area contributed by atoms with Gasteiger partial charge in [-0.05, 0) is 33.1 Å². The maximum absolute atomic E-state index is 11.7. The van der Waals surface area contributed by atoms with E-state index in [1.54, 1.807) is 6.92 Å². The molecule has 6 heteroatoms. The summed E-state index contributed by atoms with van der Waals surface area (Å²) in [6.45, 7) is 4.53. The molecule has 1 spiro atoms. The van der Waals surface area contributed by atoms with Crippen molar-refractivity contribution in [2.45, 2.75) is 82.9 Å². The molecule has 0 amide bonds. The normalized spacial score (nSPS) is 33.7. The van der Waals surface area contributed by atoms with Crippen LogP contribution in [0.15, 0.2) is 11.6 Å². The van der Waals surface area contributed by atoms with E-state index in [-0.39, 0.29) is 30.2 Å². The summed E-state index contributed by atoms with van der Waals surface area (Å²) >= 11 is 0. The zero-order valence-corrected chi connectivity index (χ0v) is 15.8. The minimum absolute atomic E-state index is 0.0318. The molecule has 2 aliphatic heterocycles. The van der Waals surface area contributed by atoms with E-state index in [2.05, 4.69) is 0 Å². The molecule has 0 bridgehead atoms. The zero-order valence-electron chi connectivity index (χ0n) is 15.8. The van der Waals surface area contributed by atoms with Crippen molar-refractivity contribution in [1.82, 2.24) is 0 Å². The Kier molecular flexibility index (Phi) is 6.48. The van der Waals surface area contributed by atoms with Crippen molar-refractivity contribution in [2.24, 2.45) is 5.92 Å². The summed E-state index contributed by atoms with van der Waals surface area (Å²) in [5.74, 6) is -0.813. The van der Waals surface area contributed by atoms with Gasteiger partial charge in [-0.1, -0.05) is 12.0 Å². The van der Waals surface area contributed by atoms with Crippen LogP contribution in [0.5, 0.6) is 0 Å². The van der Waals surface area contributed by atoms with Gasteiger partial charge in [0, 0.05) is 31.3 Å². The van der Waals surface area contributed by atoms with Crippen molar-refractivity contribution in [3.8, 4) is 0 Å². The van der Waals surface area contributed by atoms with E-state index in [1.807, 2.05) is 6.92 Å². The third-order valence-corrected chi connectivity index (χ3v) is 5.57. The van der Waals surface area contributed by atoms with Gasteiger partial charge in [0.2, 0.25) is 0 Å². The number of esters is 1. The number of carbonyl (C=O) groups excluding carboxylic acids is 2. The van der Waals surface area contributed by atoms with Crippen LogP contribution >= 0.6 is 0 Å². The lowest BCUT2D eigenvalue weighted by molar-refractivity contribution is -0.198. The second-order valence-electron chi connectivity index (χ2n) is 7.62. The van der Waals surface area contributed by atoms with E-state index in [4.69, 9.17) is 18.9 Å². The van der Waals surface area contributed by atoms with Crippen LogP contribution in [0.4, 0.5) is 0 Å². The van der Waals surface area contributed by atoms with Crippen molar-refractivity contribution >= 4 is 12.3 Å². The Morgan fingerprint density at radius 1 is 1.19 bits per heavy atom. The minimum Gasteiger partial charge on any atom is -0.463 e. The molecular formula is C20H30O6. The average Bonchev–Trinajstić information content (AvgIpc) is 2.97. The van der Waals surface area contributed by atoms with Crippen molar-refractivity contribution in [1.29, 1.82) is 0 Å². The molecule has 4 atom stereocenters. The van der Waals surface area contributed by atoms with Gasteiger partial charge in [-0.3, -0.25) is 0 Å². The lowest BCUT2D eigenvalue weighted by atomic mass is 9.88. The SMILES string of the molecule is CCOC(=O)/C=C(\C)C[C@H]1OC[C@@H](CC=O)[C@@H]2OC3(CCCCC3)O[C@@H]21. The van der Waals surface area contributed by atoms with E-state index in [9.17, 15) is 9.59 Å². The van der Waals surface area contributed by atoms with Gasteiger partial charge in [0.05, 0.1) is 25.4 Å². The summed E-state index contributed by atoms with van der Waals surface area (Å²) in [5.41, 5.74) is 0.897. The summed E-state index contributed by atoms with van der Waals surface area (Å²) in [6.07, 6.45) is 8.20. The minimum atomic E-state index is -0.514. The van der Waals surface area contributed by atoms with E-state index in [1.165, 1.54) is 12.5 Å². The van der Waals surface area contributed by atoms with Gasteiger partial charge in [-0.15, -0.1) is 0 Å². The van der Waals surface area contributed by atoms with Gasteiger partial charge in [0.25, 0.3) is 0 Å². The molecule has 0 aromatic heterocycles. The van der Waals surface area contributed by atoms with Crippen LogP contribution in [-0.2, 0) is 28.5 Å². The molecule has 6 nitrogen and oxygen atoms in total. The molecule has 3 rings (SSSR count). The zero-order chi connectivity index (χ0) is 18.6. The molecule has 1 saturated carbocycles. The Bertz CT molecular complexity index is 536. The highest BCUT2D eigenvalue weighted by molar-refractivity contribution is 5.82. The molecular weight excluding hydrogens is 336 g/mol. The second-order valence-corrected chi connectivity index (χ2v) is 7.62. The number of aldehydes is 1. The number of hydrogen-bond acceptors (Lipinski definition) is 6. The topological polar surface area (TPSA) is 71.1 Å². The van der Waals surface area contributed by atoms with Gasteiger partial charge in [-0.25, -0.2) is 4.79 Å². The molecule has 0 aromatic carbocycles. The molecule has 0 aromatic rings. The van der Waals surface area contributed by atoms with Gasteiger partial charge in [0.15, 0.2) is 5.79 Å². The molecule has 146 valence electrons. The fourth-order valence-corrected chi connectivity index (χ4v) is 4.34. The summed E-state index contributed by atoms with van der Waals surface area (Å²) in [6, 6.07) is 0. The molecule has 3 fully saturated rings. The largest absolute Gasteiger partial charge is 0.463 e. The maximum atomic E-state index is 11.7. The van der Waals surface area contributed by atoms with E-state index in [0.29, 0.717) is 26.1 Å². The van der Waals surface area contributed by atoms with Gasteiger partial charge in [0.1, 0.15) is 12.4 Å². The third kappa shape index (κ3) is 4.35. The molecule has 3 aliphatic rings. The van der Waals surface area contributed by atoms with E-state index < -0.39 is 5.79 Å². The Morgan fingerprint density at radius 3 is 2.62 bits per heavy atom. The Balaban J connectivity index is 1.71. The van der Waals surface area contributed by atoms with Crippen LogP contribution in [0.1, 0.15) is 58.8 Å². The smallest absolute Gasteiger partial charge is 0.330 e. The summed E-state index contributed by atoms with van der Waals surface area (Å²) in [7, 11) is 0. The van der Waals surface area contributed by atoms with Crippen molar-refractivity contribution < 1.29 is 28.5 Å². The molecule has 0 radical (unpaired) electrons. The van der Waals surface area contributed by atoms with Crippen LogP contribution in [0.25, 0.3) is 0 Å². The van der Waals surface area contributed by atoms with Crippen LogP contribution in [0.3, 0.4) is 0 Å². The Morgan fingerprint density at radius 2 is 1.92 bits per heavy atom. The Labute approximate surface area is 155 Å². The summed E-state index contributed by atoms with van der Waals surface area (Å²) < 4.78 is 23.9. The molecule has 1 aliphatic carbocycles. The van der Waals surface area contributed by atoms with Gasteiger partial charge < -0.3 is 23.7 Å². The quantitative estimate of drug-likeness (QED) is 0.409. The monoisotopic (exact) mass is 366 g/mol. The van der Waals surface area contributed by atoms with Crippen LogP contribution in [-0.4, -0.2) is 49.6 Å². The number of ether oxygens (including phenoxy) is 4. The molecule has 0 unspecified atom stereocenters.